The van der Waals surface area contributed by atoms with Crippen molar-refractivity contribution in [2.75, 3.05) is 32.8 Å². The summed E-state index contributed by atoms with van der Waals surface area (Å²) in [6.07, 6.45) is 0.111. The second kappa shape index (κ2) is 11.9. The van der Waals surface area contributed by atoms with Crippen LogP contribution in [0, 0.1) is 0 Å². The lowest BCUT2D eigenvalue weighted by Crippen LogP contribution is -2.58. The lowest BCUT2D eigenvalue weighted by atomic mass is 9.97. The third-order valence-electron chi connectivity index (χ3n) is 6.89. The molecule has 2 saturated heterocycles. The van der Waals surface area contributed by atoms with Crippen LogP contribution in [0.2, 0.25) is 5.02 Å². The van der Waals surface area contributed by atoms with Crippen molar-refractivity contribution in [2.24, 2.45) is 0 Å². The Kier molecular flexibility index (Phi) is 8.80. The maximum Gasteiger partial charge on any atom is 0.415 e. The van der Waals surface area contributed by atoms with Crippen molar-refractivity contribution in [3.05, 3.63) is 59.1 Å². The van der Waals surface area contributed by atoms with Crippen LogP contribution in [0.4, 0.5) is 4.79 Å². The summed E-state index contributed by atoms with van der Waals surface area (Å²) in [5, 5.41) is 12.6. The number of sulfonamides is 1. The van der Waals surface area contributed by atoms with E-state index in [9.17, 15) is 27.9 Å². The minimum atomic E-state index is -4.06. The Morgan fingerprint density at radius 3 is 2.46 bits per heavy atom. The van der Waals surface area contributed by atoms with Gasteiger partial charge in [0.15, 0.2) is 0 Å². The van der Waals surface area contributed by atoms with E-state index >= 15 is 0 Å². The van der Waals surface area contributed by atoms with Gasteiger partial charge >= 0.3 is 12.1 Å². The molecule has 0 aliphatic carbocycles. The van der Waals surface area contributed by atoms with Gasteiger partial charge in [-0.25, -0.2) is 18.0 Å². The van der Waals surface area contributed by atoms with Gasteiger partial charge < -0.3 is 24.8 Å². The number of carbonyl (C=O) groups excluding carboxylic acids is 2. The fraction of sp³-hybridized carbons (Fsp3) is 0.423. The van der Waals surface area contributed by atoms with Crippen LogP contribution in [0.25, 0.3) is 0 Å². The molecule has 11 nitrogen and oxygen atoms in total. The lowest BCUT2D eigenvalue weighted by molar-refractivity contribution is -0.143. The molecule has 2 fully saturated rings. The zero-order chi connectivity index (χ0) is 28.2. The number of morpholine rings is 1. The van der Waals surface area contributed by atoms with Gasteiger partial charge in [-0.3, -0.25) is 4.79 Å². The first-order valence-electron chi connectivity index (χ1n) is 12.5. The number of hydrogen-bond donors (Lipinski definition) is 2. The van der Waals surface area contributed by atoms with Crippen LogP contribution in [0.5, 0.6) is 5.75 Å². The average Bonchev–Trinajstić information content (AvgIpc) is 3.33. The van der Waals surface area contributed by atoms with E-state index in [0.717, 1.165) is 4.31 Å². The molecular weight excluding hydrogens is 550 g/mol. The van der Waals surface area contributed by atoms with E-state index < -0.39 is 39.6 Å². The number of benzene rings is 2. The van der Waals surface area contributed by atoms with E-state index in [1.54, 1.807) is 30.3 Å². The molecule has 39 heavy (non-hydrogen) atoms. The molecule has 4 rings (SSSR count). The van der Waals surface area contributed by atoms with Gasteiger partial charge in [0.05, 0.1) is 18.1 Å². The summed E-state index contributed by atoms with van der Waals surface area (Å²) in [5.74, 6) is -1.67. The number of carboxylic acids is 1. The number of carbonyl (C=O) groups is 3. The van der Waals surface area contributed by atoms with Crippen molar-refractivity contribution >= 4 is 39.6 Å². The number of halogens is 1. The zero-order valence-corrected chi connectivity index (χ0v) is 22.9. The summed E-state index contributed by atoms with van der Waals surface area (Å²) in [6, 6.07) is 10.8. The Morgan fingerprint density at radius 2 is 1.82 bits per heavy atom. The Balaban J connectivity index is 1.43. The third kappa shape index (κ3) is 6.52. The van der Waals surface area contributed by atoms with Gasteiger partial charge in [-0.05, 0) is 55.7 Å². The molecule has 2 aromatic carbocycles. The van der Waals surface area contributed by atoms with Crippen LogP contribution in [-0.4, -0.2) is 85.1 Å². The first-order valence-corrected chi connectivity index (χ1v) is 14.3. The highest BCUT2D eigenvalue weighted by Gasteiger charge is 2.50. The largest absolute Gasteiger partial charge is 0.480 e. The number of amides is 2. The molecule has 2 aromatic rings. The molecule has 13 heteroatoms. The predicted octanol–water partition coefficient (Wildman–Crippen LogP) is 2.53. The monoisotopic (exact) mass is 579 g/mol. The van der Waals surface area contributed by atoms with Gasteiger partial charge in [-0.15, -0.1) is 0 Å². The molecule has 2 aliphatic heterocycles. The van der Waals surface area contributed by atoms with Crippen LogP contribution >= 0.6 is 11.6 Å². The van der Waals surface area contributed by atoms with Gasteiger partial charge in [0, 0.05) is 31.1 Å². The molecule has 2 amide bonds. The number of carboxylic acid groups (broad SMARTS) is 1. The van der Waals surface area contributed by atoms with Crippen molar-refractivity contribution in [3.63, 3.8) is 0 Å². The number of rotatable bonds is 8. The highest BCUT2D eigenvalue weighted by atomic mass is 35.5. The van der Waals surface area contributed by atoms with Crippen molar-refractivity contribution in [2.45, 2.75) is 42.7 Å². The molecule has 0 bridgehead atoms. The quantitative estimate of drug-likeness (QED) is 0.486. The number of nitrogens with one attached hydrogen (secondary N) is 1. The maximum absolute atomic E-state index is 13.4. The predicted molar refractivity (Wildman–Crippen MR) is 141 cm³/mol. The van der Waals surface area contributed by atoms with E-state index in [0.29, 0.717) is 44.0 Å². The van der Waals surface area contributed by atoms with Gasteiger partial charge in [0.25, 0.3) is 0 Å². The smallest absolute Gasteiger partial charge is 0.415 e. The first-order chi connectivity index (χ1) is 18.5. The molecule has 2 N–H and O–H groups in total. The van der Waals surface area contributed by atoms with Gasteiger partial charge in [-0.1, -0.05) is 29.8 Å². The molecular formula is C26H30ClN3O8S. The van der Waals surface area contributed by atoms with Crippen LogP contribution < -0.4 is 10.1 Å². The molecule has 210 valence electrons. The Hall–Kier alpha value is -3.19. The minimum absolute atomic E-state index is 0.0416. The summed E-state index contributed by atoms with van der Waals surface area (Å²) in [5.41, 5.74) is -0.902. The molecule has 2 atom stereocenters. The third-order valence-corrected chi connectivity index (χ3v) is 9.14. The Bertz CT molecular complexity index is 1330. The Morgan fingerprint density at radius 1 is 1.13 bits per heavy atom. The van der Waals surface area contributed by atoms with Crippen molar-refractivity contribution in [3.8, 4) is 5.75 Å². The van der Waals surface area contributed by atoms with Crippen molar-refractivity contribution < 1.29 is 37.4 Å². The van der Waals surface area contributed by atoms with E-state index in [-0.39, 0.29) is 29.3 Å². The maximum atomic E-state index is 13.4. The molecule has 2 heterocycles. The number of hydrogen-bond acceptors (Lipinski definition) is 7. The Labute approximate surface area is 231 Å². The van der Waals surface area contributed by atoms with Crippen LogP contribution in [-0.2, 0) is 30.8 Å². The fourth-order valence-electron chi connectivity index (χ4n) is 4.66. The highest BCUT2D eigenvalue weighted by molar-refractivity contribution is 7.89. The molecule has 0 spiro atoms. The summed E-state index contributed by atoms with van der Waals surface area (Å²) < 4.78 is 38.4. The molecule has 0 radical (unpaired) electrons. The first kappa shape index (κ1) is 28.8. The summed E-state index contributed by atoms with van der Waals surface area (Å²) >= 11 is 5.98. The molecule has 2 aliphatic rings. The van der Waals surface area contributed by atoms with E-state index in [2.05, 4.69) is 5.32 Å². The fourth-order valence-corrected chi connectivity index (χ4v) is 6.77. The second-order valence-electron chi connectivity index (χ2n) is 9.59. The van der Waals surface area contributed by atoms with Crippen LogP contribution in [0.15, 0.2) is 53.4 Å². The molecule has 0 saturated carbocycles. The lowest BCUT2D eigenvalue weighted by Gasteiger charge is -2.34. The van der Waals surface area contributed by atoms with Gasteiger partial charge in [-0.2, -0.15) is 4.31 Å². The van der Waals surface area contributed by atoms with Gasteiger partial charge in [0.1, 0.15) is 17.3 Å². The second-order valence-corrected chi connectivity index (χ2v) is 11.9. The molecule has 0 aromatic heterocycles. The number of nitrogens with zero attached hydrogens (tertiary/aromatic N) is 2. The van der Waals surface area contributed by atoms with Gasteiger partial charge in [0.2, 0.25) is 15.9 Å². The van der Waals surface area contributed by atoms with Crippen LogP contribution in [0.3, 0.4) is 0 Å². The normalized spacial score (nSPS) is 20.8. The zero-order valence-electron chi connectivity index (χ0n) is 21.3. The molecule has 1 unspecified atom stereocenters. The standard InChI is InChI=1S/C26H30ClN3O8S/c1-26(10-3-11-30(26)39(35,36)21-5-2-4-19(27)17-21)24(33)28-22(23(31)32)16-18-6-8-20(9-7-18)38-25(34)29-12-14-37-15-13-29/h2,4-9,17,22H,3,10-16H2,1H3,(H,28,33)(H,31,32)/t22?,26-/m0/s1. The van der Waals surface area contributed by atoms with E-state index in [1.807, 2.05) is 0 Å². The number of ether oxygens (including phenoxy) is 2. The van der Waals surface area contributed by atoms with Crippen LogP contribution in [0.1, 0.15) is 25.3 Å². The summed E-state index contributed by atoms with van der Waals surface area (Å²) in [6.45, 7) is 3.37. The van der Waals surface area contributed by atoms with E-state index in [4.69, 9.17) is 21.1 Å². The van der Waals surface area contributed by atoms with Crippen molar-refractivity contribution in [1.29, 1.82) is 0 Å². The average molecular weight is 580 g/mol. The summed E-state index contributed by atoms with van der Waals surface area (Å²) in [7, 11) is -4.06. The highest BCUT2D eigenvalue weighted by Crippen LogP contribution is 2.35. The SMILES string of the molecule is C[C@@]1(C(=O)NC(Cc2ccc(OC(=O)N3CCOCC3)cc2)C(=O)O)CCCN1S(=O)(=O)c1cccc(Cl)c1. The minimum Gasteiger partial charge on any atom is -0.480 e. The summed E-state index contributed by atoms with van der Waals surface area (Å²) in [4.78, 5) is 39.2. The number of aliphatic carboxylic acids is 1. The van der Waals surface area contributed by atoms with Crippen molar-refractivity contribution in [1.82, 2.24) is 14.5 Å². The topological polar surface area (TPSA) is 143 Å². The van der Waals surface area contributed by atoms with E-state index in [1.165, 1.54) is 30.0 Å².